The molecule has 1 aliphatic carbocycles. The van der Waals surface area contributed by atoms with Crippen LogP contribution in [0.2, 0.25) is 0 Å². The summed E-state index contributed by atoms with van der Waals surface area (Å²) < 4.78 is 0. The van der Waals surface area contributed by atoms with Gasteiger partial charge in [0, 0.05) is 12.5 Å². The van der Waals surface area contributed by atoms with Crippen LogP contribution in [-0.4, -0.2) is 17.4 Å². The zero-order valence-corrected chi connectivity index (χ0v) is 10.4. The standard InChI is InChI=1S/C15H19NO/c1-11-14-8-3-2-5-12(14)9-10-16(11)15(17)13-6-4-7-13/h2-3,5,8,11,13H,4,6-7,9-10H2,1H3. The molecule has 2 nitrogen and oxygen atoms in total. The van der Waals surface area contributed by atoms with Crippen molar-refractivity contribution in [2.45, 2.75) is 38.6 Å². The molecule has 1 aromatic rings. The summed E-state index contributed by atoms with van der Waals surface area (Å²) in [6, 6.07) is 8.78. The molecule has 0 saturated heterocycles. The zero-order valence-electron chi connectivity index (χ0n) is 10.4. The van der Waals surface area contributed by atoms with Gasteiger partial charge >= 0.3 is 0 Å². The Morgan fingerprint density at radius 3 is 2.76 bits per heavy atom. The smallest absolute Gasteiger partial charge is 0.226 e. The number of fused-ring (bicyclic) bond motifs is 1. The van der Waals surface area contributed by atoms with Crippen LogP contribution < -0.4 is 0 Å². The summed E-state index contributed by atoms with van der Waals surface area (Å²) in [4.78, 5) is 14.4. The SMILES string of the molecule is CC1c2ccccc2CCN1C(=O)C1CCC1. The molecule has 1 saturated carbocycles. The molecular formula is C15H19NO. The fourth-order valence-corrected chi connectivity index (χ4v) is 2.96. The van der Waals surface area contributed by atoms with E-state index in [9.17, 15) is 4.79 Å². The lowest BCUT2D eigenvalue weighted by Crippen LogP contribution is -2.43. The van der Waals surface area contributed by atoms with E-state index in [0.29, 0.717) is 11.8 Å². The number of hydrogen-bond donors (Lipinski definition) is 0. The minimum absolute atomic E-state index is 0.257. The van der Waals surface area contributed by atoms with Crippen molar-refractivity contribution < 1.29 is 4.79 Å². The van der Waals surface area contributed by atoms with E-state index in [4.69, 9.17) is 0 Å². The summed E-state index contributed by atoms with van der Waals surface area (Å²) in [6.45, 7) is 3.06. The van der Waals surface area contributed by atoms with Gasteiger partial charge in [-0.25, -0.2) is 0 Å². The number of hydrogen-bond acceptors (Lipinski definition) is 1. The van der Waals surface area contributed by atoms with Crippen molar-refractivity contribution in [2.24, 2.45) is 5.92 Å². The van der Waals surface area contributed by atoms with Crippen LogP contribution in [0.15, 0.2) is 24.3 Å². The highest BCUT2D eigenvalue weighted by atomic mass is 16.2. The van der Waals surface area contributed by atoms with Gasteiger partial charge in [0.1, 0.15) is 0 Å². The molecule has 3 rings (SSSR count). The molecule has 1 aliphatic heterocycles. The number of rotatable bonds is 1. The third kappa shape index (κ3) is 1.76. The van der Waals surface area contributed by atoms with Gasteiger partial charge in [0.2, 0.25) is 5.91 Å². The molecule has 0 bridgehead atoms. The first-order valence-electron chi connectivity index (χ1n) is 6.65. The Kier molecular flexibility index (Phi) is 2.65. The average molecular weight is 229 g/mol. The number of carbonyl (C=O) groups excluding carboxylic acids is 1. The monoisotopic (exact) mass is 229 g/mol. The van der Waals surface area contributed by atoms with E-state index in [0.717, 1.165) is 25.8 Å². The fraction of sp³-hybridized carbons (Fsp3) is 0.533. The van der Waals surface area contributed by atoms with Crippen LogP contribution in [0, 0.1) is 5.92 Å². The molecular weight excluding hydrogens is 210 g/mol. The molecule has 0 N–H and O–H groups in total. The van der Waals surface area contributed by atoms with Crippen LogP contribution in [0.1, 0.15) is 43.4 Å². The molecule has 90 valence electrons. The maximum absolute atomic E-state index is 12.3. The van der Waals surface area contributed by atoms with E-state index >= 15 is 0 Å². The Bertz CT molecular complexity index is 436. The summed E-state index contributed by atoms with van der Waals surface area (Å²) in [6.07, 6.45) is 4.45. The van der Waals surface area contributed by atoms with Crippen molar-refractivity contribution in [2.75, 3.05) is 6.54 Å². The molecule has 17 heavy (non-hydrogen) atoms. The first-order valence-corrected chi connectivity index (χ1v) is 6.65. The molecule has 1 atom stereocenters. The van der Waals surface area contributed by atoms with Crippen molar-refractivity contribution in [1.82, 2.24) is 4.90 Å². The highest BCUT2D eigenvalue weighted by Crippen LogP contribution is 2.34. The van der Waals surface area contributed by atoms with Crippen molar-refractivity contribution in [1.29, 1.82) is 0 Å². The summed E-state index contributed by atoms with van der Waals surface area (Å²) >= 11 is 0. The van der Waals surface area contributed by atoms with E-state index in [-0.39, 0.29) is 6.04 Å². The molecule has 1 unspecified atom stereocenters. The first-order chi connectivity index (χ1) is 8.27. The lowest BCUT2D eigenvalue weighted by atomic mass is 9.83. The van der Waals surface area contributed by atoms with Gasteiger partial charge < -0.3 is 4.90 Å². The molecule has 2 aliphatic rings. The molecule has 1 heterocycles. The Balaban J connectivity index is 1.83. The van der Waals surface area contributed by atoms with Crippen LogP contribution in [0.25, 0.3) is 0 Å². The minimum Gasteiger partial charge on any atom is -0.335 e. The fourth-order valence-electron chi connectivity index (χ4n) is 2.96. The van der Waals surface area contributed by atoms with Crippen LogP contribution in [-0.2, 0) is 11.2 Å². The first kappa shape index (κ1) is 10.8. The summed E-state index contributed by atoms with van der Waals surface area (Å²) in [7, 11) is 0. The average Bonchev–Trinajstić information content (AvgIpc) is 2.27. The van der Waals surface area contributed by atoms with E-state index in [1.54, 1.807) is 0 Å². The molecule has 0 aromatic heterocycles. The Morgan fingerprint density at radius 1 is 1.29 bits per heavy atom. The van der Waals surface area contributed by atoms with Crippen molar-refractivity contribution in [3.63, 3.8) is 0 Å². The van der Waals surface area contributed by atoms with Gasteiger partial charge in [0.05, 0.1) is 6.04 Å². The molecule has 2 heteroatoms. The van der Waals surface area contributed by atoms with Gasteiger partial charge in [-0.15, -0.1) is 0 Å². The Hall–Kier alpha value is -1.31. The van der Waals surface area contributed by atoms with E-state index in [2.05, 4.69) is 36.1 Å². The van der Waals surface area contributed by atoms with Crippen LogP contribution in [0.4, 0.5) is 0 Å². The molecule has 1 aromatic carbocycles. The van der Waals surface area contributed by atoms with E-state index in [1.165, 1.54) is 17.5 Å². The number of nitrogens with zero attached hydrogens (tertiary/aromatic N) is 1. The van der Waals surface area contributed by atoms with Crippen LogP contribution in [0.5, 0.6) is 0 Å². The van der Waals surface area contributed by atoms with E-state index in [1.807, 2.05) is 0 Å². The van der Waals surface area contributed by atoms with Crippen LogP contribution >= 0.6 is 0 Å². The van der Waals surface area contributed by atoms with Gasteiger partial charge in [0.15, 0.2) is 0 Å². The lowest BCUT2D eigenvalue weighted by Gasteiger charge is -2.39. The normalized spacial score (nSPS) is 24.1. The third-order valence-corrected chi connectivity index (χ3v) is 4.33. The number of benzene rings is 1. The highest BCUT2D eigenvalue weighted by molar-refractivity contribution is 5.80. The zero-order chi connectivity index (χ0) is 11.8. The molecule has 1 fully saturated rings. The van der Waals surface area contributed by atoms with Gasteiger partial charge in [-0.2, -0.15) is 0 Å². The lowest BCUT2D eigenvalue weighted by molar-refractivity contribution is -0.140. The number of carbonyl (C=O) groups is 1. The molecule has 0 spiro atoms. The molecule has 0 radical (unpaired) electrons. The van der Waals surface area contributed by atoms with Gasteiger partial charge in [-0.1, -0.05) is 30.7 Å². The third-order valence-electron chi connectivity index (χ3n) is 4.33. The second-order valence-electron chi connectivity index (χ2n) is 5.28. The number of amides is 1. The predicted octanol–water partition coefficient (Wildman–Crippen LogP) is 2.93. The quantitative estimate of drug-likeness (QED) is 0.725. The summed E-state index contributed by atoms with van der Waals surface area (Å²) in [5, 5.41) is 0. The highest BCUT2D eigenvalue weighted by Gasteiger charge is 2.34. The van der Waals surface area contributed by atoms with Crippen molar-refractivity contribution >= 4 is 5.91 Å². The predicted molar refractivity (Wildman–Crippen MR) is 67.6 cm³/mol. The molecule has 1 amide bonds. The maximum Gasteiger partial charge on any atom is 0.226 e. The van der Waals surface area contributed by atoms with Gasteiger partial charge in [-0.3, -0.25) is 4.79 Å². The Labute approximate surface area is 103 Å². The van der Waals surface area contributed by atoms with Gasteiger partial charge in [-0.05, 0) is 37.3 Å². The maximum atomic E-state index is 12.3. The van der Waals surface area contributed by atoms with Crippen molar-refractivity contribution in [3.8, 4) is 0 Å². The van der Waals surface area contributed by atoms with Crippen molar-refractivity contribution in [3.05, 3.63) is 35.4 Å². The Morgan fingerprint density at radius 2 is 2.06 bits per heavy atom. The topological polar surface area (TPSA) is 20.3 Å². The van der Waals surface area contributed by atoms with E-state index < -0.39 is 0 Å². The second-order valence-corrected chi connectivity index (χ2v) is 5.28. The largest absolute Gasteiger partial charge is 0.335 e. The van der Waals surface area contributed by atoms with Gasteiger partial charge in [0.25, 0.3) is 0 Å². The second kappa shape index (κ2) is 4.17. The van der Waals surface area contributed by atoms with Crippen LogP contribution in [0.3, 0.4) is 0 Å². The summed E-state index contributed by atoms with van der Waals surface area (Å²) in [5.41, 5.74) is 2.75. The minimum atomic E-state index is 0.257. The summed E-state index contributed by atoms with van der Waals surface area (Å²) in [5.74, 6) is 0.709.